The third kappa shape index (κ3) is 4.56. The maximum absolute atomic E-state index is 12.4. The number of hydrogen-bond acceptors (Lipinski definition) is 5. The van der Waals surface area contributed by atoms with Crippen LogP contribution < -0.4 is 5.32 Å². The van der Waals surface area contributed by atoms with E-state index in [4.69, 9.17) is 0 Å². The quantitative estimate of drug-likeness (QED) is 0.498. The molecule has 0 aliphatic heterocycles. The number of carbonyl (C=O) groups excluding carboxylic acids is 1. The number of nitrogens with zero attached hydrogens (tertiary/aromatic N) is 3. The van der Waals surface area contributed by atoms with Gasteiger partial charge in [0.05, 0.1) is 11.3 Å². The molecule has 3 aromatic rings. The van der Waals surface area contributed by atoms with E-state index in [0.717, 1.165) is 22.1 Å². The molecule has 28 heavy (non-hydrogen) atoms. The number of carbonyl (C=O) groups is 1. The number of phenols is 1. The van der Waals surface area contributed by atoms with E-state index in [1.807, 2.05) is 35.8 Å². The Kier molecular flexibility index (Phi) is 6.74. The maximum Gasteiger partial charge on any atom is 0.234 e. The van der Waals surface area contributed by atoms with E-state index in [1.54, 1.807) is 18.2 Å². The Hall–Kier alpha value is -2.32. The molecule has 1 amide bonds. The standard InChI is InChI=1S/C20H21BrN4O2S/c1-3-13-7-5-6-8-16(13)22-18(27)12-28-20-24-23-19(25(20)4-2)15-11-14(21)9-10-17(15)26/h5-11,26H,3-4,12H2,1-2H3,(H,22,27). The van der Waals surface area contributed by atoms with Gasteiger partial charge in [-0.05, 0) is 43.2 Å². The Bertz CT molecular complexity index is 990. The summed E-state index contributed by atoms with van der Waals surface area (Å²) in [5.41, 5.74) is 2.54. The van der Waals surface area contributed by atoms with Crippen LogP contribution in [0.3, 0.4) is 0 Å². The summed E-state index contributed by atoms with van der Waals surface area (Å²) in [5.74, 6) is 0.834. The minimum absolute atomic E-state index is 0.0941. The molecule has 1 heterocycles. The summed E-state index contributed by atoms with van der Waals surface area (Å²) in [4.78, 5) is 12.4. The van der Waals surface area contributed by atoms with Gasteiger partial charge in [-0.15, -0.1) is 10.2 Å². The average Bonchev–Trinajstić information content (AvgIpc) is 3.11. The Morgan fingerprint density at radius 1 is 1.21 bits per heavy atom. The van der Waals surface area contributed by atoms with E-state index < -0.39 is 0 Å². The second kappa shape index (κ2) is 9.25. The molecule has 8 heteroatoms. The first-order valence-electron chi connectivity index (χ1n) is 8.96. The number of anilines is 1. The fraction of sp³-hybridized carbons (Fsp3) is 0.250. The number of phenolic OH excluding ortho intramolecular Hbond substituents is 1. The van der Waals surface area contributed by atoms with Crippen LogP contribution in [0.2, 0.25) is 0 Å². The minimum atomic E-state index is -0.0941. The predicted octanol–water partition coefficient (Wildman–Crippen LogP) is 4.73. The van der Waals surface area contributed by atoms with E-state index in [1.165, 1.54) is 11.8 Å². The van der Waals surface area contributed by atoms with E-state index in [2.05, 4.69) is 38.4 Å². The fourth-order valence-electron chi connectivity index (χ4n) is 2.83. The number of nitrogens with one attached hydrogen (secondary N) is 1. The Morgan fingerprint density at radius 3 is 2.75 bits per heavy atom. The van der Waals surface area contributed by atoms with Crippen molar-refractivity contribution in [2.75, 3.05) is 11.1 Å². The van der Waals surface area contributed by atoms with Crippen LogP contribution in [-0.4, -0.2) is 31.5 Å². The Morgan fingerprint density at radius 2 is 2.00 bits per heavy atom. The van der Waals surface area contributed by atoms with Crippen LogP contribution in [0.4, 0.5) is 5.69 Å². The normalized spacial score (nSPS) is 10.8. The van der Waals surface area contributed by atoms with Crippen molar-refractivity contribution in [3.63, 3.8) is 0 Å². The van der Waals surface area contributed by atoms with Crippen LogP contribution in [0.15, 0.2) is 52.1 Å². The van der Waals surface area contributed by atoms with Crippen molar-refractivity contribution in [3.05, 3.63) is 52.5 Å². The van der Waals surface area contributed by atoms with Crippen LogP contribution in [0.1, 0.15) is 19.4 Å². The van der Waals surface area contributed by atoms with Gasteiger partial charge in [0.2, 0.25) is 5.91 Å². The van der Waals surface area contributed by atoms with Gasteiger partial charge in [0.1, 0.15) is 5.75 Å². The van der Waals surface area contributed by atoms with Crippen molar-refractivity contribution < 1.29 is 9.90 Å². The monoisotopic (exact) mass is 460 g/mol. The smallest absolute Gasteiger partial charge is 0.234 e. The van der Waals surface area contributed by atoms with E-state index in [0.29, 0.717) is 23.1 Å². The number of thioether (sulfide) groups is 1. The lowest BCUT2D eigenvalue weighted by Gasteiger charge is -2.10. The molecule has 6 nitrogen and oxygen atoms in total. The van der Waals surface area contributed by atoms with Gasteiger partial charge in [0, 0.05) is 16.7 Å². The van der Waals surface area contributed by atoms with Gasteiger partial charge in [0.25, 0.3) is 0 Å². The zero-order chi connectivity index (χ0) is 20.1. The summed E-state index contributed by atoms with van der Waals surface area (Å²) in [5, 5.41) is 22.2. The van der Waals surface area contributed by atoms with E-state index >= 15 is 0 Å². The average molecular weight is 461 g/mol. The molecule has 3 rings (SSSR count). The third-order valence-electron chi connectivity index (χ3n) is 4.24. The molecule has 0 atom stereocenters. The molecule has 0 saturated heterocycles. The lowest BCUT2D eigenvalue weighted by Crippen LogP contribution is -2.15. The van der Waals surface area contributed by atoms with Gasteiger partial charge in [0.15, 0.2) is 11.0 Å². The number of aryl methyl sites for hydroxylation is 1. The number of aromatic nitrogens is 3. The minimum Gasteiger partial charge on any atom is -0.507 e. The van der Waals surface area contributed by atoms with Gasteiger partial charge < -0.3 is 15.0 Å². The van der Waals surface area contributed by atoms with Crippen molar-refractivity contribution in [2.45, 2.75) is 32.0 Å². The maximum atomic E-state index is 12.4. The number of hydrogen-bond donors (Lipinski definition) is 2. The van der Waals surface area contributed by atoms with Gasteiger partial charge >= 0.3 is 0 Å². The molecule has 146 valence electrons. The lowest BCUT2D eigenvalue weighted by molar-refractivity contribution is -0.113. The molecule has 0 aliphatic rings. The molecule has 0 fully saturated rings. The van der Waals surface area contributed by atoms with Crippen molar-refractivity contribution in [1.82, 2.24) is 14.8 Å². The topological polar surface area (TPSA) is 80.0 Å². The van der Waals surface area contributed by atoms with Gasteiger partial charge in [-0.1, -0.05) is 52.8 Å². The molecule has 0 bridgehead atoms. The molecule has 0 unspecified atom stereocenters. The highest BCUT2D eigenvalue weighted by atomic mass is 79.9. The predicted molar refractivity (Wildman–Crippen MR) is 116 cm³/mol. The van der Waals surface area contributed by atoms with Crippen LogP contribution in [0.25, 0.3) is 11.4 Å². The molecule has 0 radical (unpaired) electrons. The third-order valence-corrected chi connectivity index (χ3v) is 5.70. The number of aromatic hydroxyl groups is 1. The van der Waals surface area contributed by atoms with Crippen LogP contribution in [0, 0.1) is 0 Å². The van der Waals surface area contributed by atoms with E-state index in [-0.39, 0.29) is 17.4 Å². The van der Waals surface area contributed by atoms with Crippen LogP contribution in [-0.2, 0) is 17.8 Å². The highest BCUT2D eigenvalue weighted by Gasteiger charge is 2.17. The lowest BCUT2D eigenvalue weighted by atomic mass is 10.1. The van der Waals surface area contributed by atoms with Gasteiger partial charge in [-0.3, -0.25) is 4.79 Å². The Labute approximate surface area is 176 Å². The van der Waals surface area contributed by atoms with Crippen LogP contribution in [0.5, 0.6) is 5.75 Å². The molecule has 2 N–H and O–H groups in total. The van der Waals surface area contributed by atoms with Gasteiger partial charge in [-0.25, -0.2) is 0 Å². The highest BCUT2D eigenvalue weighted by Crippen LogP contribution is 2.32. The van der Waals surface area contributed by atoms with Crippen LogP contribution >= 0.6 is 27.7 Å². The summed E-state index contributed by atoms with van der Waals surface area (Å²) in [6.45, 7) is 4.66. The first-order valence-corrected chi connectivity index (χ1v) is 10.7. The highest BCUT2D eigenvalue weighted by molar-refractivity contribution is 9.10. The zero-order valence-electron chi connectivity index (χ0n) is 15.6. The van der Waals surface area contributed by atoms with Crippen molar-refractivity contribution >= 4 is 39.3 Å². The van der Waals surface area contributed by atoms with E-state index in [9.17, 15) is 9.90 Å². The second-order valence-electron chi connectivity index (χ2n) is 6.06. The number of benzene rings is 2. The molecule has 2 aromatic carbocycles. The first-order chi connectivity index (χ1) is 13.5. The van der Waals surface area contributed by atoms with Crippen molar-refractivity contribution in [2.24, 2.45) is 0 Å². The molecule has 1 aromatic heterocycles. The first kappa shape index (κ1) is 20.4. The number of halogens is 1. The van der Waals surface area contributed by atoms with Crippen molar-refractivity contribution in [1.29, 1.82) is 0 Å². The largest absolute Gasteiger partial charge is 0.507 e. The summed E-state index contributed by atoms with van der Waals surface area (Å²) in [6.07, 6.45) is 0.854. The molecule has 0 saturated carbocycles. The second-order valence-corrected chi connectivity index (χ2v) is 7.92. The number of para-hydroxylation sites is 1. The molecule has 0 aliphatic carbocycles. The summed E-state index contributed by atoms with van der Waals surface area (Å²) < 4.78 is 2.73. The molecular formula is C20H21BrN4O2S. The van der Waals surface area contributed by atoms with Crippen molar-refractivity contribution in [3.8, 4) is 17.1 Å². The SMILES string of the molecule is CCc1ccccc1NC(=O)CSc1nnc(-c2cc(Br)ccc2O)n1CC. The number of amides is 1. The zero-order valence-corrected chi connectivity index (χ0v) is 18.0. The summed E-state index contributed by atoms with van der Waals surface area (Å²) >= 11 is 4.74. The van der Waals surface area contributed by atoms with Gasteiger partial charge in [-0.2, -0.15) is 0 Å². The number of rotatable bonds is 7. The fourth-order valence-corrected chi connectivity index (χ4v) is 4.00. The summed E-state index contributed by atoms with van der Waals surface area (Å²) in [6, 6.07) is 13.0. The summed E-state index contributed by atoms with van der Waals surface area (Å²) in [7, 11) is 0. The Balaban J connectivity index is 1.74. The molecule has 0 spiro atoms. The molecular weight excluding hydrogens is 440 g/mol.